The van der Waals surface area contributed by atoms with Gasteiger partial charge in [0.15, 0.2) is 0 Å². The van der Waals surface area contributed by atoms with Crippen molar-refractivity contribution in [1.82, 2.24) is 10.3 Å². The van der Waals surface area contributed by atoms with Crippen LogP contribution in [0.1, 0.15) is 43.0 Å². The van der Waals surface area contributed by atoms with E-state index in [2.05, 4.69) is 10.3 Å². The van der Waals surface area contributed by atoms with Crippen molar-refractivity contribution >= 4 is 11.8 Å². The average molecular weight is 389 g/mol. The molecule has 0 fully saturated rings. The smallest absolute Gasteiger partial charge is 0.251 e. The minimum atomic E-state index is -0.475. The Hall–Kier alpha value is -3.67. The van der Waals surface area contributed by atoms with Gasteiger partial charge < -0.3 is 15.8 Å². The fraction of sp³-hybridized carbons (Fsp3) is 0.174. The van der Waals surface area contributed by atoms with Gasteiger partial charge >= 0.3 is 0 Å². The van der Waals surface area contributed by atoms with Crippen molar-refractivity contribution in [3.63, 3.8) is 0 Å². The molecular formula is C23H23N3O3. The Balaban J connectivity index is 1.64. The molecule has 0 aliphatic rings. The molecule has 0 spiro atoms. The van der Waals surface area contributed by atoms with E-state index >= 15 is 0 Å². The maximum atomic E-state index is 12.6. The Kier molecular flexibility index (Phi) is 6.24. The van der Waals surface area contributed by atoms with Crippen molar-refractivity contribution < 1.29 is 14.3 Å². The van der Waals surface area contributed by atoms with E-state index in [1.165, 1.54) is 0 Å². The molecule has 1 heterocycles. The van der Waals surface area contributed by atoms with Gasteiger partial charge in [0.05, 0.1) is 0 Å². The molecule has 0 saturated heterocycles. The van der Waals surface area contributed by atoms with Gasteiger partial charge in [-0.15, -0.1) is 0 Å². The van der Waals surface area contributed by atoms with Gasteiger partial charge in [-0.3, -0.25) is 14.6 Å². The predicted octanol–water partition coefficient (Wildman–Crippen LogP) is 3.31. The molecule has 3 aromatic rings. The van der Waals surface area contributed by atoms with Gasteiger partial charge in [0.1, 0.15) is 12.4 Å². The van der Waals surface area contributed by atoms with Crippen LogP contribution in [0.5, 0.6) is 5.75 Å². The number of amides is 2. The molecule has 0 saturated carbocycles. The second kappa shape index (κ2) is 9.01. The number of ether oxygens (including phenoxy) is 1. The highest BCUT2D eigenvalue weighted by atomic mass is 16.5. The van der Waals surface area contributed by atoms with E-state index in [-0.39, 0.29) is 5.91 Å². The summed E-state index contributed by atoms with van der Waals surface area (Å²) in [6.07, 6.45) is 3.49. The van der Waals surface area contributed by atoms with Crippen LogP contribution in [-0.2, 0) is 13.2 Å². The average Bonchev–Trinajstić information content (AvgIpc) is 2.72. The monoisotopic (exact) mass is 389 g/mol. The van der Waals surface area contributed by atoms with Gasteiger partial charge in [0, 0.05) is 35.6 Å². The lowest BCUT2D eigenvalue weighted by Crippen LogP contribution is -2.23. The topological polar surface area (TPSA) is 94.3 Å². The Morgan fingerprint density at radius 1 is 1.00 bits per heavy atom. The number of pyridine rings is 1. The van der Waals surface area contributed by atoms with Crippen molar-refractivity contribution in [2.75, 3.05) is 0 Å². The Morgan fingerprint density at radius 3 is 2.28 bits per heavy atom. The molecule has 0 bridgehead atoms. The zero-order valence-electron chi connectivity index (χ0n) is 16.4. The maximum Gasteiger partial charge on any atom is 0.251 e. The van der Waals surface area contributed by atoms with E-state index in [1.54, 1.807) is 36.7 Å². The van der Waals surface area contributed by atoms with Gasteiger partial charge in [-0.25, -0.2) is 0 Å². The molecule has 3 N–H and O–H groups in total. The molecule has 0 aliphatic heterocycles. The molecule has 0 unspecified atom stereocenters. The molecule has 29 heavy (non-hydrogen) atoms. The normalized spacial score (nSPS) is 10.4. The van der Waals surface area contributed by atoms with Crippen LogP contribution in [0.25, 0.3) is 0 Å². The largest absolute Gasteiger partial charge is 0.488 e. The van der Waals surface area contributed by atoms with Crippen molar-refractivity contribution in [2.24, 2.45) is 5.73 Å². The lowest BCUT2D eigenvalue weighted by atomic mass is 10.0. The van der Waals surface area contributed by atoms with Crippen LogP contribution < -0.4 is 15.8 Å². The summed E-state index contributed by atoms with van der Waals surface area (Å²) in [4.78, 5) is 27.8. The lowest BCUT2D eigenvalue weighted by Gasteiger charge is -2.14. The predicted molar refractivity (Wildman–Crippen MR) is 111 cm³/mol. The minimum Gasteiger partial charge on any atom is -0.488 e. The first kappa shape index (κ1) is 20.1. The van der Waals surface area contributed by atoms with Crippen LogP contribution in [-0.4, -0.2) is 16.8 Å². The van der Waals surface area contributed by atoms with Gasteiger partial charge in [0.25, 0.3) is 5.91 Å². The molecule has 6 nitrogen and oxygen atoms in total. The first-order chi connectivity index (χ1) is 13.9. The molecule has 148 valence electrons. The third-order valence-electron chi connectivity index (χ3n) is 4.52. The number of nitrogens with two attached hydrogens (primary N) is 1. The highest BCUT2D eigenvalue weighted by molar-refractivity contribution is 5.95. The molecule has 0 atom stereocenters. The zero-order chi connectivity index (χ0) is 20.8. The van der Waals surface area contributed by atoms with Crippen molar-refractivity contribution in [3.8, 4) is 5.75 Å². The van der Waals surface area contributed by atoms with Crippen LogP contribution >= 0.6 is 0 Å². The summed E-state index contributed by atoms with van der Waals surface area (Å²) in [6, 6.07) is 14.3. The third-order valence-corrected chi connectivity index (χ3v) is 4.52. The summed E-state index contributed by atoms with van der Waals surface area (Å²) in [5, 5.41) is 2.89. The van der Waals surface area contributed by atoms with Crippen molar-refractivity contribution in [2.45, 2.75) is 27.0 Å². The van der Waals surface area contributed by atoms with E-state index < -0.39 is 5.91 Å². The van der Waals surface area contributed by atoms with E-state index in [0.29, 0.717) is 24.3 Å². The standard InChI is InChI=1S/C23H23N3O3/c1-15-10-20(11-16(2)21(15)29-14-18-4-3-9-25-12-18)23(28)26-13-17-5-7-19(8-6-17)22(24)27/h3-12H,13-14H2,1-2H3,(H2,24,27)(H,26,28). The van der Waals surface area contributed by atoms with Gasteiger partial charge in [-0.2, -0.15) is 0 Å². The summed E-state index contributed by atoms with van der Waals surface area (Å²) >= 11 is 0. The van der Waals surface area contributed by atoms with E-state index in [0.717, 1.165) is 28.0 Å². The van der Waals surface area contributed by atoms with E-state index in [9.17, 15) is 9.59 Å². The number of nitrogens with one attached hydrogen (secondary N) is 1. The molecule has 0 radical (unpaired) electrons. The molecule has 6 heteroatoms. The first-order valence-corrected chi connectivity index (χ1v) is 9.24. The number of nitrogens with zero attached hydrogens (tertiary/aromatic N) is 1. The highest BCUT2D eigenvalue weighted by Gasteiger charge is 2.12. The van der Waals surface area contributed by atoms with Crippen LogP contribution in [0, 0.1) is 13.8 Å². The Bertz CT molecular complexity index is 992. The molecule has 3 rings (SSSR count). The number of aromatic nitrogens is 1. The summed E-state index contributed by atoms with van der Waals surface area (Å²) in [5.41, 5.74) is 9.90. The van der Waals surface area contributed by atoms with Gasteiger partial charge in [-0.05, 0) is 60.9 Å². The van der Waals surface area contributed by atoms with Crippen molar-refractivity contribution in [1.29, 1.82) is 0 Å². The van der Waals surface area contributed by atoms with Gasteiger partial charge in [-0.1, -0.05) is 18.2 Å². The Morgan fingerprint density at radius 2 is 1.69 bits per heavy atom. The lowest BCUT2D eigenvalue weighted by molar-refractivity contribution is 0.0949. The summed E-state index contributed by atoms with van der Waals surface area (Å²) in [6.45, 7) is 4.62. The second-order valence-corrected chi connectivity index (χ2v) is 6.83. The number of hydrogen-bond acceptors (Lipinski definition) is 4. The zero-order valence-corrected chi connectivity index (χ0v) is 16.4. The summed E-state index contributed by atoms with van der Waals surface area (Å²) in [5.74, 6) is 0.124. The van der Waals surface area contributed by atoms with E-state index in [4.69, 9.17) is 10.5 Å². The Labute approximate surface area is 169 Å². The fourth-order valence-electron chi connectivity index (χ4n) is 3.02. The number of carbonyl (C=O) groups is 2. The summed E-state index contributed by atoms with van der Waals surface area (Å²) < 4.78 is 5.94. The number of primary amides is 1. The SMILES string of the molecule is Cc1cc(C(=O)NCc2ccc(C(N)=O)cc2)cc(C)c1OCc1cccnc1. The molecular weight excluding hydrogens is 366 g/mol. The minimum absolute atomic E-state index is 0.172. The van der Waals surface area contributed by atoms with Crippen LogP contribution in [0.15, 0.2) is 60.9 Å². The highest BCUT2D eigenvalue weighted by Crippen LogP contribution is 2.26. The van der Waals surface area contributed by atoms with Gasteiger partial charge in [0.2, 0.25) is 5.91 Å². The second-order valence-electron chi connectivity index (χ2n) is 6.83. The fourth-order valence-corrected chi connectivity index (χ4v) is 3.02. The number of aryl methyl sites for hydroxylation is 2. The quantitative estimate of drug-likeness (QED) is 0.648. The number of hydrogen-bond donors (Lipinski definition) is 2. The first-order valence-electron chi connectivity index (χ1n) is 9.24. The van der Waals surface area contributed by atoms with Crippen molar-refractivity contribution in [3.05, 3.63) is 94.3 Å². The maximum absolute atomic E-state index is 12.6. The number of carbonyl (C=O) groups excluding carboxylic acids is 2. The molecule has 2 aromatic carbocycles. The van der Waals surface area contributed by atoms with Crippen LogP contribution in [0.2, 0.25) is 0 Å². The number of benzene rings is 2. The third kappa shape index (κ3) is 5.19. The van der Waals surface area contributed by atoms with Crippen LogP contribution in [0.3, 0.4) is 0 Å². The summed E-state index contributed by atoms with van der Waals surface area (Å²) in [7, 11) is 0. The molecule has 2 amide bonds. The number of rotatable bonds is 7. The van der Waals surface area contributed by atoms with E-state index in [1.807, 2.05) is 38.1 Å². The molecule has 1 aromatic heterocycles. The molecule has 0 aliphatic carbocycles. The van der Waals surface area contributed by atoms with Crippen LogP contribution in [0.4, 0.5) is 0 Å².